The van der Waals surface area contributed by atoms with Crippen molar-refractivity contribution in [2.45, 2.75) is 38.0 Å². The summed E-state index contributed by atoms with van der Waals surface area (Å²) in [7, 11) is 0. The van der Waals surface area contributed by atoms with Crippen molar-refractivity contribution < 1.29 is 39.3 Å². The minimum atomic E-state index is -1.03. The Balaban J connectivity index is 1.78. The van der Waals surface area contributed by atoms with E-state index in [2.05, 4.69) is 0 Å². The number of carbonyl (C=O) groups is 5. The first-order valence-electron chi connectivity index (χ1n) is 15.2. The summed E-state index contributed by atoms with van der Waals surface area (Å²) in [5.41, 5.74) is 7.29. The summed E-state index contributed by atoms with van der Waals surface area (Å²) in [5.74, 6) is -3.61. The van der Waals surface area contributed by atoms with Crippen LogP contribution in [0.4, 0.5) is 5.69 Å². The quantitative estimate of drug-likeness (QED) is 0.246. The number of amides is 2. The van der Waals surface area contributed by atoms with E-state index < -0.39 is 23.8 Å². The fourth-order valence-electron chi connectivity index (χ4n) is 5.90. The molecule has 14 heteroatoms. The first-order chi connectivity index (χ1) is 21.0. The molecule has 2 fully saturated rings. The Morgan fingerprint density at radius 2 is 1.02 bits per heavy atom. The Morgan fingerprint density at radius 3 is 1.39 bits per heavy atom. The maximum Gasteiger partial charge on any atom is 0.317 e. The summed E-state index contributed by atoms with van der Waals surface area (Å²) >= 11 is 0. The second kappa shape index (κ2) is 17.6. The fraction of sp³-hybridized carbons (Fsp3) is 0.633. The van der Waals surface area contributed by atoms with Crippen molar-refractivity contribution in [1.29, 1.82) is 0 Å². The largest absolute Gasteiger partial charge is 0.480 e. The lowest BCUT2D eigenvalue weighted by molar-refractivity contribution is -0.140. The molecule has 0 bridgehead atoms. The van der Waals surface area contributed by atoms with Crippen molar-refractivity contribution in [1.82, 2.24) is 19.6 Å². The van der Waals surface area contributed by atoms with Gasteiger partial charge in [0, 0.05) is 58.0 Å². The number of carboxylic acid groups (broad SMARTS) is 3. The number of nitrogens with zero attached hydrogens (tertiary/aromatic N) is 5. The summed E-state index contributed by atoms with van der Waals surface area (Å²) in [6, 6.07) is 7.69. The number of anilines is 1. The molecule has 0 aromatic heterocycles. The lowest BCUT2D eigenvalue weighted by atomic mass is 9.84. The van der Waals surface area contributed by atoms with Crippen LogP contribution in [-0.4, -0.2) is 150 Å². The van der Waals surface area contributed by atoms with Gasteiger partial charge in [-0.25, -0.2) is 0 Å². The number of primary amides is 1. The predicted molar refractivity (Wildman–Crippen MR) is 162 cm³/mol. The fourth-order valence-corrected chi connectivity index (χ4v) is 5.90. The molecule has 1 saturated heterocycles. The average Bonchev–Trinajstić information content (AvgIpc) is 2.97. The maximum atomic E-state index is 13.7. The molecule has 0 spiro atoms. The van der Waals surface area contributed by atoms with Gasteiger partial charge in [0.25, 0.3) is 0 Å². The van der Waals surface area contributed by atoms with E-state index in [9.17, 15) is 39.3 Å². The molecule has 1 saturated carbocycles. The van der Waals surface area contributed by atoms with E-state index in [0.717, 1.165) is 12.8 Å². The summed E-state index contributed by atoms with van der Waals surface area (Å²) in [4.78, 5) is 68.4. The molecule has 1 aromatic carbocycles. The molecule has 0 radical (unpaired) electrons. The third-order valence-corrected chi connectivity index (χ3v) is 8.26. The van der Waals surface area contributed by atoms with Gasteiger partial charge >= 0.3 is 17.9 Å². The second-order valence-electron chi connectivity index (χ2n) is 11.7. The Hall–Kier alpha value is -3.59. The predicted octanol–water partition coefficient (Wildman–Crippen LogP) is 0.0280. The Morgan fingerprint density at radius 1 is 0.636 bits per heavy atom. The highest BCUT2D eigenvalue weighted by molar-refractivity contribution is 5.99. The standard InChI is InChI=1S/C30H46N6O8/c31-26(37)18-36(25-8-6-24(7-9-25)23-4-2-1-3-5-23)27(38)19-32-10-12-33(20-28(39)40)14-16-35(22-30(43)44)17-15-34(13-11-32)21-29(41)42/h6-9,23H,1-5,10-22H2,(H2,31,37)(H,39,40)(H,41,42)(H,43,44). The van der Waals surface area contributed by atoms with Gasteiger partial charge in [-0.1, -0.05) is 31.4 Å². The zero-order valence-electron chi connectivity index (χ0n) is 25.3. The van der Waals surface area contributed by atoms with E-state index in [-0.39, 0.29) is 77.9 Å². The molecule has 1 aromatic rings. The molecule has 5 N–H and O–H groups in total. The molecular formula is C30H46N6O8. The van der Waals surface area contributed by atoms with Crippen LogP contribution in [0.2, 0.25) is 0 Å². The van der Waals surface area contributed by atoms with Crippen molar-refractivity contribution in [2.75, 3.05) is 90.0 Å². The van der Waals surface area contributed by atoms with E-state index in [0.29, 0.717) is 24.7 Å². The monoisotopic (exact) mass is 618 g/mol. The molecule has 1 heterocycles. The van der Waals surface area contributed by atoms with Gasteiger partial charge < -0.3 is 26.0 Å². The average molecular weight is 619 g/mol. The van der Waals surface area contributed by atoms with Crippen molar-refractivity contribution in [3.05, 3.63) is 29.8 Å². The number of hydrogen-bond acceptors (Lipinski definition) is 9. The van der Waals surface area contributed by atoms with Crippen molar-refractivity contribution in [2.24, 2.45) is 5.73 Å². The third-order valence-electron chi connectivity index (χ3n) is 8.26. The third kappa shape index (κ3) is 12.2. The molecule has 2 amide bonds. The molecule has 14 nitrogen and oxygen atoms in total. The molecule has 2 aliphatic rings. The molecular weight excluding hydrogens is 572 g/mol. The molecule has 1 aliphatic carbocycles. The van der Waals surface area contributed by atoms with Crippen LogP contribution in [0.25, 0.3) is 0 Å². The van der Waals surface area contributed by atoms with Gasteiger partial charge in [0.15, 0.2) is 0 Å². The molecule has 44 heavy (non-hydrogen) atoms. The van der Waals surface area contributed by atoms with Crippen molar-refractivity contribution in [3.63, 3.8) is 0 Å². The Kier molecular flexibility index (Phi) is 14.0. The molecule has 244 valence electrons. The zero-order valence-corrected chi connectivity index (χ0v) is 25.3. The SMILES string of the molecule is NC(=O)CN(C(=O)CN1CCN(CC(=O)O)CCN(CC(=O)O)CCN(CC(=O)O)CC1)c1ccc(C2CCCCC2)cc1. The van der Waals surface area contributed by atoms with Crippen molar-refractivity contribution >= 4 is 35.4 Å². The Bertz CT molecular complexity index is 1100. The summed E-state index contributed by atoms with van der Waals surface area (Å²) < 4.78 is 0. The van der Waals surface area contributed by atoms with E-state index in [4.69, 9.17) is 5.73 Å². The second-order valence-corrected chi connectivity index (χ2v) is 11.7. The van der Waals surface area contributed by atoms with Crippen LogP contribution in [0, 0.1) is 0 Å². The minimum absolute atomic E-state index is 0.0926. The van der Waals surface area contributed by atoms with Crippen LogP contribution in [0.1, 0.15) is 43.6 Å². The normalized spacial score (nSPS) is 19.0. The summed E-state index contributed by atoms with van der Waals surface area (Å²) in [6.07, 6.45) is 5.91. The smallest absolute Gasteiger partial charge is 0.317 e. The zero-order chi connectivity index (χ0) is 32.1. The van der Waals surface area contributed by atoms with Crippen LogP contribution >= 0.6 is 0 Å². The lowest BCUT2D eigenvalue weighted by Gasteiger charge is -2.33. The Labute approximate surface area is 258 Å². The van der Waals surface area contributed by atoms with Crippen molar-refractivity contribution in [3.8, 4) is 0 Å². The minimum Gasteiger partial charge on any atom is -0.480 e. The van der Waals surface area contributed by atoms with Gasteiger partial charge in [-0.05, 0) is 36.5 Å². The highest BCUT2D eigenvalue weighted by Crippen LogP contribution is 2.33. The number of carboxylic acids is 3. The number of carbonyl (C=O) groups excluding carboxylic acids is 2. The molecule has 3 rings (SSSR count). The number of nitrogens with two attached hydrogens (primary N) is 1. The van der Waals surface area contributed by atoms with E-state index >= 15 is 0 Å². The van der Waals surface area contributed by atoms with Gasteiger partial charge in [0.1, 0.15) is 6.54 Å². The summed E-state index contributed by atoms with van der Waals surface area (Å²) in [6.45, 7) is 1.12. The van der Waals surface area contributed by atoms with Crippen LogP contribution in [-0.2, 0) is 24.0 Å². The van der Waals surface area contributed by atoms with Crippen LogP contribution in [0.5, 0.6) is 0 Å². The first-order valence-corrected chi connectivity index (χ1v) is 15.2. The van der Waals surface area contributed by atoms with Gasteiger partial charge in [-0.2, -0.15) is 0 Å². The van der Waals surface area contributed by atoms with E-state index in [1.165, 1.54) is 29.7 Å². The molecule has 0 unspecified atom stereocenters. The van der Waals surface area contributed by atoms with Gasteiger partial charge in [-0.15, -0.1) is 0 Å². The lowest BCUT2D eigenvalue weighted by Crippen LogP contribution is -2.50. The number of hydrogen-bond donors (Lipinski definition) is 4. The van der Waals surface area contributed by atoms with E-state index in [1.54, 1.807) is 14.7 Å². The highest BCUT2D eigenvalue weighted by atomic mass is 16.4. The topological polar surface area (TPSA) is 188 Å². The van der Waals surface area contributed by atoms with Crippen LogP contribution < -0.4 is 10.6 Å². The highest BCUT2D eigenvalue weighted by Gasteiger charge is 2.25. The summed E-state index contributed by atoms with van der Waals surface area (Å²) in [5, 5.41) is 28.2. The van der Waals surface area contributed by atoms with Gasteiger partial charge in [0.05, 0.1) is 26.2 Å². The number of benzene rings is 1. The number of aliphatic carboxylic acids is 3. The number of rotatable bonds is 12. The van der Waals surface area contributed by atoms with Gasteiger partial charge in [0.2, 0.25) is 11.8 Å². The first kappa shape index (κ1) is 34.9. The van der Waals surface area contributed by atoms with Crippen LogP contribution in [0.15, 0.2) is 24.3 Å². The molecule has 0 atom stereocenters. The van der Waals surface area contributed by atoms with Gasteiger partial charge in [-0.3, -0.25) is 43.6 Å². The molecule has 1 aliphatic heterocycles. The van der Waals surface area contributed by atoms with Crippen LogP contribution in [0.3, 0.4) is 0 Å². The van der Waals surface area contributed by atoms with E-state index in [1.807, 2.05) is 29.2 Å². The maximum absolute atomic E-state index is 13.7.